The first kappa shape index (κ1) is 9.07. The summed E-state index contributed by atoms with van der Waals surface area (Å²) in [4.78, 5) is 0. The fraction of sp³-hybridized carbons (Fsp3) is 0.400. The van der Waals surface area contributed by atoms with Crippen molar-refractivity contribution in [2.45, 2.75) is 6.42 Å². The summed E-state index contributed by atoms with van der Waals surface area (Å²) in [6.45, 7) is 1.79. The summed E-state index contributed by atoms with van der Waals surface area (Å²) in [6, 6.07) is 10.2. The van der Waals surface area contributed by atoms with Crippen molar-refractivity contribution in [3.63, 3.8) is 0 Å². The van der Waals surface area contributed by atoms with Crippen molar-refractivity contribution < 1.29 is 4.74 Å². The lowest BCUT2D eigenvalue weighted by atomic mass is 10.3. The van der Waals surface area contributed by atoms with Crippen LogP contribution in [0.4, 0.5) is 5.69 Å². The molecule has 1 N–H and O–H groups in total. The largest absolute Gasteiger partial charge is 0.385 e. The predicted octanol–water partition coefficient (Wildman–Crippen LogP) is 2.13. The molecule has 66 valence electrons. The maximum Gasteiger partial charge on any atom is 0.0479 e. The number of rotatable bonds is 5. The van der Waals surface area contributed by atoms with E-state index in [1.807, 2.05) is 18.2 Å². The van der Waals surface area contributed by atoms with Crippen LogP contribution in [0.15, 0.2) is 30.3 Å². The van der Waals surface area contributed by atoms with Crippen LogP contribution < -0.4 is 5.32 Å². The molecule has 0 amide bonds. The van der Waals surface area contributed by atoms with Crippen molar-refractivity contribution in [1.82, 2.24) is 0 Å². The van der Waals surface area contributed by atoms with Gasteiger partial charge in [-0.3, -0.25) is 0 Å². The molecule has 0 aliphatic heterocycles. The van der Waals surface area contributed by atoms with Crippen molar-refractivity contribution in [2.24, 2.45) is 0 Å². The molecular weight excluding hydrogens is 150 g/mol. The molecule has 2 nitrogen and oxygen atoms in total. The maximum atomic E-state index is 4.94. The fourth-order valence-corrected chi connectivity index (χ4v) is 1.01. The lowest BCUT2D eigenvalue weighted by Crippen LogP contribution is -2.03. The minimum atomic E-state index is 0.819. The van der Waals surface area contributed by atoms with Crippen LogP contribution >= 0.6 is 0 Å². The van der Waals surface area contributed by atoms with E-state index >= 15 is 0 Å². The number of nitrogens with one attached hydrogen (secondary N) is 1. The number of benzene rings is 1. The standard InChI is InChI=1S/C10H15NO/c1-12-9-5-8-11-10-6-3-2-4-7-10/h2-4,6-7,11H,5,8-9H2,1H3. The minimum Gasteiger partial charge on any atom is -0.385 e. The smallest absolute Gasteiger partial charge is 0.0479 e. The van der Waals surface area contributed by atoms with Crippen molar-refractivity contribution in [1.29, 1.82) is 0 Å². The summed E-state index contributed by atoms with van der Waals surface area (Å²) in [5, 5.41) is 3.30. The Balaban J connectivity index is 2.16. The van der Waals surface area contributed by atoms with Gasteiger partial charge in [-0.15, -0.1) is 0 Å². The highest BCUT2D eigenvalue weighted by atomic mass is 16.5. The average Bonchev–Trinajstić information content (AvgIpc) is 2.14. The third kappa shape index (κ3) is 3.39. The molecule has 0 fully saturated rings. The summed E-state index contributed by atoms with van der Waals surface area (Å²) in [6.07, 6.45) is 1.05. The lowest BCUT2D eigenvalue weighted by molar-refractivity contribution is 0.198. The Bertz CT molecular complexity index is 198. The molecule has 0 atom stereocenters. The van der Waals surface area contributed by atoms with Gasteiger partial charge >= 0.3 is 0 Å². The summed E-state index contributed by atoms with van der Waals surface area (Å²) in [5.74, 6) is 0. The van der Waals surface area contributed by atoms with Gasteiger partial charge in [0.25, 0.3) is 0 Å². The molecule has 0 heterocycles. The molecule has 0 saturated carbocycles. The Hall–Kier alpha value is -1.02. The van der Waals surface area contributed by atoms with Gasteiger partial charge in [0.1, 0.15) is 0 Å². The van der Waals surface area contributed by atoms with E-state index in [-0.39, 0.29) is 0 Å². The van der Waals surface area contributed by atoms with E-state index in [4.69, 9.17) is 4.74 Å². The molecule has 0 bridgehead atoms. The van der Waals surface area contributed by atoms with Crippen LogP contribution in [-0.4, -0.2) is 20.3 Å². The molecule has 0 spiro atoms. The van der Waals surface area contributed by atoms with E-state index < -0.39 is 0 Å². The number of anilines is 1. The van der Waals surface area contributed by atoms with Gasteiger partial charge in [0.2, 0.25) is 0 Å². The highest BCUT2D eigenvalue weighted by Gasteiger charge is 1.88. The van der Waals surface area contributed by atoms with Gasteiger partial charge in [0, 0.05) is 25.9 Å². The van der Waals surface area contributed by atoms with Crippen LogP contribution in [0.1, 0.15) is 6.42 Å². The Morgan fingerprint density at radius 3 is 2.67 bits per heavy atom. The number of para-hydroxylation sites is 1. The molecular formula is C10H15NO. The number of hydrogen-bond acceptors (Lipinski definition) is 2. The SMILES string of the molecule is COCCCNc1ccccc1. The lowest BCUT2D eigenvalue weighted by Gasteiger charge is -2.04. The third-order valence-corrected chi connectivity index (χ3v) is 1.63. The summed E-state index contributed by atoms with van der Waals surface area (Å²) >= 11 is 0. The molecule has 1 rings (SSSR count). The van der Waals surface area contributed by atoms with Crippen LogP contribution in [-0.2, 0) is 4.74 Å². The van der Waals surface area contributed by atoms with Gasteiger partial charge in [0.15, 0.2) is 0 Å². The second kappa shape index (κ2) is 5.61. The van der Waals surface area contributed by atoms with Crippen LogP contribution in [0.5, 0.6) is 0 Å². The van der Waals surface area contributed by atoms with Gasteiger partial charge in [-0.05, 0) is 18.6 Å². The predicted molar refractivity (Wildman–Crippen MR) is 51.4 cm³/mol. The molecule has 2 heteroatoms. The first-order valence-electron chi connectivity index (χ1n) is 4.21. The second-order valence-corrected chi connectivity index (χ2v) is 2.64. The first-order valence-corrected chi connectivity index (χ1v) is 4.21. The number of ether oxygens (including phenoxy) is 1. The zero-order valence-electron chi connectivity index (χ0n) is 7.42. The van der Waals surface area contributed by atoms with Crippen LogP contribution in [0.3, 0.4) is 0 Å². The highest BCUT2D eigenvalue weighted by Crippen LogP contribution is 2.04. The Morgan fingerprint density at radius 1 is 1.25 bits per heavy atom. The topological polar surface area (TPSA) is 21.3 Å². The fourth-order valence-electron chi connectivity index (χ4n) is 1.01. The van der Waals surface area contributed by atoms with Crippen LogP contribution in [0.2, 0.25) is 0 Å². The summed E-state index contributed by atoms with van der Waals surface area (Å²) in [5.41, 5.74) is 1.17. The van der Waals surface area contributed by atoms with Gasteiger partial charge in [0.05, 0.1) is 0 Å². The average molecular weight is 165 g/mol. The van der Waals surface area contributed by atoms with Gasteiger partial charge in [-0.25, -0.2) is 0 Å². The molecule has 0 saturated heterocycles. The van der Waals surface area contributed by atoms with Gasteiger partial charge in [-0.1, -0.05) is 18.2 Å². The zero-order chi connectivity index (χ0) is 8.65. The van der Waals surface area contributed by atoms with E-state index in [1.54, 1.807) is 7.11 Å². The van der Waals surface area contributed by atoms with E-state index in [1.165, 1.54) is 5.69 Å². The van der Waals surface area contributed by atoms with E-state index in [9.17, 15) is 0 Å². The highest BCUT2D eigenvalue weighted by molar-refractivity contribution is 5.42. The zero-order valence-corrected chi connectivity index (χ0v) is 7.42. The third-order valence-electron chi connectivity index (χ3n) is 1.63. The Morgan fingerprint density at radius 2 is 2.00 bits per heavy atom. The Kier molecular flexibility index (Phi) is 4.24. The number of methoxy groups -OCH3 is 1. The van der Waals surface area contributed by atoms with Crippen LogP contribution in [0, 0.1) is 0 Å². The van der Waals surface area contributed by atoms with Crippen molar-refractivity contribution in [3.8, 4) is 0 Å². The molecule has 1 aromatic carbocycles. The molecule has 0 aliphatic rings. The second-order valence-electron chi connectivity index (χ2n) is 2.64. The van der Waals surface area contributed by atoms with Crippen LogP contribution in [0.25, 0.3) is 0 Å². The van der Waals surface area contributed by atoms with Crippen molar-refractivity contribution in [2.75, 3.05) is 25.6 Å². The molecule has 0 aliphatic carbocycles. The first-order chi connectivity index (χ1) is 5.93. The normalized spacial score (nSPS) is 9.75. The quantitative estimate of drug-likeness (QED) is 0.675. The van der Waals surface area contributed by atoms with E-state index in [0.29, 0.717) is 0 Å². The Labute approximate surface area is 73.6 Å². The van der Waals surface area contributed by atoms with E-state index in [0.717, 1.165) is 19.6 Å². The van der Waals surface area contributed by atoms with Gasteiger partial charge in [-0.2, -0.15) is 0 Å². The summed E-state index contributed by atoms with van der Waals surface area (Å²) in [7, 11) is 1.72. The summed E-state index contributed by atoms with van der Waals surface area (Å²) < 4.78 is 4.94. The molecule has 0 aromatic heterocycles. The van der Waals surface area contributed by atoms with Crippen molar-refractivity contribution in [3.05, 3.63) is 30.3 Å². The molecule has 0 unspecified atom stereocenters. The number of hydrogen-bond donors (Lipinski definition) is 1. The molecule has 12 heavy (non-hydrogen) atoms. The van der Waals surface area contributed by atoms with Crippen molar-refractivity contribution >= 4 is 5.69 Å². The maximum absolute atomic E-state index is 4.94. The minimum absolute atomic E-state index is 0.819. The van der Waals surface area contributed by atoms with Gasteiger partial charge < -0.3 is 10.1 Å². The van der Waals surface area contributed by atoms with E-state index in [2.05, 4.69) is 17.4 Å². The molecule has 0 radical (unpaired) electrons. The monoisotopic (exact) mass is 165 g/mol. The molecule has 1 aromatic rings.